The molecule has 0 radical (unpaired) electrons. The predicted molar refractivity (Wildman–Crippen MR) is 69.3 cm³/mol. The monoisotopic (exact) mass is 274 g/mol. The normalized spacial score (nSPS) is 26.7. The van der Waals surface area contributed by atoms with Gasteiger partial charge in [0.1, 0.15) is 12.2 Å². The van der Waals surface area contributed by atoms with Gasteiger partial charge in [0, 0.05) is 0 Å². The van der Waals surface area contributed by atoms with Crippen LogP contribution < -0.4 is 0 Å². The first kappa shape index (κ1) is 12.7. The quantitative estimate of drug-likeness (QED) is 0.478. The topological polar surface area (TPSA) is 57.3 Å². The van der Waals surface area contributed by atoms with Crippen molar-refractivity contribution in [2.45, 2.75) is 12.2 Å². The average molecular weight is 274 g/mol. The van der Waals surface area contributed by atoms with Crippen molar-refractivity contribution < 1.29 is 23.7 Å². The van der Waals surface area contributed by atoms with Crippen LogP contribution in [0, 0.1) is 0 Å². The molecule has 1 aromatic carbocycles. The summed E-state index contributed by atoms with van der Waals surface area (Å²) in [5.41, 5.74) is 1.06. The molecule has 1 fully saturated rings. The van der Waals surface area contributed by atoms with Gasteiger partial charge in [-0.05, 0) is 5.56 Å². The fraction of sp³-hybridized carbons (Fsp3) is 0.267. The molecule has 0 amide bonds. The SMILES string of the molecule is COC1=CC(=O)OC1=C(OC)C1OC1c1ccccc1. The maximum Gasteiger partial charge on any atom is 0.340 e. The zero-order valence-corrected chi connectivity index (χ0v) is 11.2. The lowest BCUT2D eigenvalue weighted by atomic mass is 10.1. The Labute approximate surface area is 116 Å². The summed E-state index contributed by atoms with van der Waals surface area (Å²) in [6, 6.07) is 9.81. The summed E-state index contributed by atoms with van der Waals surface area (Å²) in [4.78, 5) is 11.3. The highest BCUT2D eigenvalue weighted by atomic mass is 16.6. The highest BCUT2D eigenvalue weighted by Gasteiger charge is 2.47. The molecular weight excluding hydrogens is 260 g/mol. The van der Waals surface area contributed by atoms with Crippen molar-refractivity contribution in [1.82, 2.24) is 0 Å². The van der Waals surface area contributed by atoms with Gasteiger partial charge in [-0.1, -0.05) is 30.3 Å². The van der Waals surface area contributed by atoms with Crippen molar-refractivity contribution in [2.75, 3.05) is 14.2 Å². The van der Waals surface area contributed by atoms with E-state index in [2.05, 4.69) is 0 Å². The second-order valence-corrected chi connectivity index (χ2v) is 4.42. The average Bonchev–Trinajstić information content (AvgIpc) is 3.17. The molecule has 2 aliphatic heterocycles. The number of benzene rings is 1. The Bertz CT molecular complexity index is 588. The van der Waals surface area contributed by atoms with Crippen LogP contribution in [-0.2, 0) is 23.7 Å². The van der Waals surface area contributed by atoms with Gasteiger partial charge in [-0.3, -0.25) is 0 Å². The Balaban J connectivity index is 1.86. The number of hydrogen-bond acceptors (Lipinski definition) is 5. The molecule has 0 spiro atoms. The fourth-order valence-corrected chi connectivity index (χ4v) is 2.22. The van der Waals surface area contributed by atoms with Crippen molar-refractivity contribution in [3.05, 3.63) is 59.2 Å². The lowest BCUT2D eigenvalue weighted by Gasteiger charge is -2.09. The molecule has 2 atom stereocenters. The highest BCUT2D eigenvalue weighted by Crippen LogP contribution is 2.45. The molecule has 0 aromatic heterocycles. The summed E-state index contributed by atoms with van der Waals surface area (Å²) in [6.07, 6.45) is 0.937. The Morgan fingerprint density at radius 2 is 1.95 bits per heavy atom. The minimum Gasteiger partial charge on any atom is -0.494 e. The van der Waals surface area contributed by atoms with E-state index >= 15 is 0 Å². The maximum absolute atomic E-state index is 11.3. The number of epoxide rings is 1. The van der Waals surface area contributed by atoms with E-state index in [4.69, 9.17) is 18.9 Å². The zero-order chi connectivity index (χ0) is 14.1. The molecule has 0 bridgehead atoms. The summed E-state index contributed by atoms with van der Waals surface area (Å²) in [6.45, 7) is 0. The van der Waals surface area contributed by atoms with Crippen LogP contribution in [0.15, 0.2) is 53.7 Å². The van der Waals surface area contributed by atoms with Gasteiger partial charge in [-0.2, -0.15) is 0 Å². The van der Waals surface area contributed by atoms with Gasteiger partial charge in [-0.15, -0.1) is 0 Å². The van der Waals surface area contributed by atoms with Crippen LogP contribution in [0.3, 0.4) is 0 Å². The third-order valence-corrected chi connectivity index (χ3v) is 3.22. The van der Waals surface area contributed by atoms with Crippen LogP contribution in [0.5, 0.6) is 0 Å². The molecule has 0 aliphatic carbocycles. The summed E-state index contributed by atoms with van der Waals surface area (Å²) in [7, 11) is 3.00. The predicted octanol–water partition coefficient (Wildman–Crippen LogP) is 2.07. The Kier molecular flexibility index (Phi) is 3.20. The first-order chi connectivity index (χ1) is 9.74. The largest absolute Gasteiger partial charge is 0.494 e. The number of cyclic esters (lactones) is 1. The van der Waals surface area contributed by atoms with E-state index < -0.39 is 5.97 Å². The summed E-state index contributed by atoms with van der Waals surface area (Å²) in [5, 5.41) is 0. The van der Waals surface area contributed by atoms with Crippen molar-refractivity contribution in [3.63, 3.8) is 0 Å². The number of methoxy groups -OCH3 is 2. The molecule has 1 saturated heterocycles. The molecular formula is C15H14O5. The van der Waals surface area contributed by atoms with Gasteiger partial charge >= 0.3 is 5.97 Å². The van der Waals surface area contributed by atoms with E-state index in [-0.39, 0.29) is 12.2 Å². The van der Waals surface area contributed by atoms with E-state index in [1.165, 1.54) is 20.3 Å². The number of rotatable bonds is 4. The maximum atomic E-state index is 11.3. The van der Waals surface area contributed by atoms with Crippen LogP contribution in [0.1, 0.15) is 11.7 Å². The highest BCUT2D eigenvalue weighted by molar-refractivity contribution is 5.87. The van der Waals surface area contributed by atoms with E-state index in [1.807, 2.05) is 30.3 Å². The third-order valence-electron chi connectivity index (χ3n) is 3.22. The third kappa shape index (κ3) is 2.16. The van der Waals surface area contributed by atoms with Crippen LogP contribution >= 0.6 is 0 Å². The van der Waals surface area contributed by atoms with E-state index in [1.54, 1.807) is 0 Å². The second kappa shape index (κ2) is 5.02. The van der Waals surface area contributed by atoms with Crippen LogP contribution in [-0.4, -0.2) is 26.3 Å². The van der Waals surface area contributed by atoms with Gasteiger partial charge in [0.25, 0.3) is 0 Å². The first-order valence-electron chi connectivity index (χ1n) is 6.21. The molecule has 2 aliphatic rings. The van der Waals surface area contributed by atoms with Gasteiger partial charge in [-0.25, -0.2) is 4.79 Å². The lowest BCUT2D eigenvalue weighted by Crippen LogP contribution is -2.06. The standard InChI is InChI=1S/C15H14O5/c1-17-10-8-11(16)19-13(10)14(18-2)15-12(20-15)9-6-4-3-5-7-9/h3-8,12,15H,1-2H3. The minimum absolute atomic E-state index is 0.0870. The number of hydrogen-bond donors (Lipinski definition) is 0. The minimum atomic E-state index is -0.469. The summed E-state index contributed by atoms with van der Waals surface area (Å²) >= 11 is 0. The van der Waals surface area contributed by atoms with Crippen molar-refractivity contribution in [3.8, 4) is 0 Å². The van der Waals surface area contributed by atoms with Gasteiger partial charge < -0.3 is 18.9 Å². The van der Waals surface area contributed by atoms with Crippen LogP contribution in [0.25, 0.3) is 0 Å². The number of carbonyl (C=O) groups excluding carboxylic acids is 1. The Morgan fingerprint density at radius 3 is 2.60 bits per heavy atom. The van der Waals surface area contributed by atoms with E-state index in [0.29, 0.717) is 17.3 Å². The first-order valence-corrected chi connectivity index (χ1v) is 6.21. The van der Waals surface area contributed by atoms with Gasteiger partial charge in [0.2, 0.25) is 5.76 Å². The van der Waals surface area contributed by atoms with Gasteiger partial charge in [0.15, 0.2) is 11.5 Å². The molecule has 0 N–H and O–H groups in total. The summed E-state index contributed by atoms with van der Waals surface area (Å²) in [5.74, 6) is 0.652. The Hall–Kier alpha value is -2.27. The van der Waals surface area contributed by atoms with Crippen LogP contribution in [0.2, 0.25) is 0 Å². The van der Waals surface area contributed by atoms with E-state index in [9.17, 15) is 4.79 Å². The lowest BCUT2D eigenvalue weighted by molar-refractivity contribution is -0.132. The van der Waals surface area contributed by atoms with Crippen molar-refractivity contribution in [1.29, 1.82) is 0 Å². The van der Waals surface area contributed by atoms with Crippen molar-refractivity contribution >= 4 is 5.97 Å². The smallest absolute Gasteiger partial charge is 0.340 e. The fourth-order valence-electron chi connectivity index (χ4n) is 2.22. The number of carbonyl (C=O) groups is 1. The second-order valence-electron chi connectivity index (χ2n) is 4.42. The number of ether oxygens (including phenoxy) is 4. The molecule has 2 unspecified atom stereocenters. The molecule has 104 valence electrons. The number of esters is 1. The zero-order valence-electron chi connectivity index (χ0n) is 11.2. The molecule has 5 heteroatoms. The van der Waals surface area contributed by atoms with E-state index in [0.717, 1.165) is 5.56 Å². The molecule has 2 heterocycles. The van der Waals surface area contributed by atoms with Gasteiger partial charge in [0.05, 0.1) is 20.3 Å². The Morgan fingerprint density at radius 1 is 1.20 bits per heavy atom. The molecule has 20 heavy (non-hydrogen) atoms. The molecule has 1 aromatic rings. The van der Waals surface area contributed by atoms with Crippen molar-refractivity contribution in [2.24, 2.45) is 0 Å². The summed E-state index contributed by atoms with van der Waals surface area (Å²) < 4.78 is 21.2. The molecule has 5 nitrogen and oxygen atoms in total. The molecule has 3 rings (SSSR count). The molecule has 0 saturated carbocycles. The van der Waals surface area contributed by atoms with Crippen LogP contribution in [0.4, 0.5) is 0 Å².